The number of fused-ring (bicyclic) bond motifs is 2. The molecule has 3 aliphatic heterocycles. The maximum absolute atomic E-state index is 13.0. The van der Waals surface area contributed by atoms with Gasteiger partial charge in [-0.1, -0.05) is 12.1 Å². The van der Waals surface area contributed by atoms with Crippen LogP contribution in [0.1, 0.15) is 58.4 Å². The maximum atomic E-state index is 13.0. The highest BCUT2D eigenvalue weighted by Crippen LogP contribution is 2.46. The normalized spacial score (nSPS) is 23.3. The first kappa shape index (κ1) is 30.8. The van der Waals surface area contributed by atoms with Crippen LogP contribution < -0.4 is 5.32 Å². The van der Waals surface area contributed by atoms with E-state index in [1.807, 2.05) is 6.07 Å². The van der Waals surface area contributed by atoms with Crippen LogP contribution in [0.15, 0.2) is 24.3 Å². The summed E-state index contributed by atoms with van der Waals surface area (Å²) in [4.78, 5) is 28.7. The van der Waals surface area contributed by atoms with Crippen LogP contribution in [-0.2, 0) is 20.7 Å². The summed E-state index contributed by atoms with van der Waals surface area (Å²) in [6, 6.07) is 7.43. The molecule has 3 aliphatic rings. The van der Waals surface area contributed by atoms with Crippen molar-refractivity contribution in [1.29, 1.82) is 5.26 Å². The van der Waals surface area contributed by atoms with E-state index in [-0.39, 0.29) is 31.4 Å². The monoisotopic (exact) mass is 546 g/mol. The van der Waals surface area contributed by atoms with Gasteiger partial charge in [-0.25, -0.2) is 9.18 Å². The van der Waals surface area contributed by atoms with Gasteiger partial charge in [-0.3, -0.25) is 9.69 Å². The summed E-state index contributed by atoms with van der Waals surface area (Å²) in [7, 11) is -1.83. The van der Waals surface area contributed by atoms with Crippen LogP contribution in [0.2, 0.25) is 0 Å². The number of benzene rings is 1. The van der Waals surface area contributed by atoms with Crippen molar-refractivity contribution in [1.82, 2.24) is 15.1 Å². The minimum atomic E-state index is -1.83. The zero-order valence-electron chi connectivity index (χ0n) is 23.1. The third-order valence-electron chi connectivity index (χ3n) is 7.72. The summed E-state index contributed by atoms with van der Waals surface area (Å²) in [5.41, 5.74) is 0.343. The number of ether oxygens (including phenoxy) is 2. The van der Waals surface area contributed by atoms with Gasteiger partial charge >= 0.3 is 13.2 Å². The number of alkyl carbamates (subject to hydrolysis) is 1. The van der Waals surface area contributed by atoms with Crippen molar-refractivity contribution >= 4 is 19.1 Å². The van der Waals surface area contributed by atoms with Crippen LogP contribution in [0.4, 0.5) is 9.18 Å². The number of morpholine rings is 1. The number of hydrogen-bond donors (Lipinski definition) is 3. The first-order chi connectivity index (χ1) is 18.4. The zero-order chi connectivity index (χ0) is 28.6. The average Bonchev–Trinajstić information content (AvgIpc) is 3.45. The Hall–Kier alpha value is -2.72. The predicted octanol–water partition coefficient (Wildman–Crippen LogP) is 2.03. The number of rotatable bonds is 7. The molecule has 3 N–H and O–H groups in total. The van der Waals surface area contributed by atoms with E-state index in [4.69, 9.17) is 14.7 Å². The van der Waals surface area contributed by atoms with Gasteiger partial charge < -0.3 is 29.7 Å². The third kappa shape index (κ3) is 8.38. The lowest BCUT2D eigenvalue weighted by atomic mass is 9.76. The van der Waals surface area contributed by atoms with Gasteiger partial charge in [0.1, 0.15) is 18.8 Å². The summed E-state index contributed by atoms with van der Waals surface area (Å²) in [6.07, 6.45) is 2.05. The van der Waals surface area contributed by atoms with E-state index in [9.17, 15) is 24.0 Å². The number of amides is 2. The van der Waals surface area contributed by atoms with Crippen LogP contribution in [0, 0.1) is 17.1 Å². The highest BCUT2D eigenvalue weighted by molar-refractivity contribution is 6.43. The molecule has 1 aromatic carbocycles. The van der Waals surface area contributed by atoms with Crippen molar-refractivity contribution in [2.75, 3.05) is 32.9 Å². The van der Waals surface area contributed by atoms with Crippen molar-refractivity contribution in [3.05, 3.63) is 35.6 Å². The number of carbonyl (C=O) groups excluding carboxylic acids is 2. The van der Waals surface area contributed by atoms with Crippen molar-refractivity contribution in [3.63, 3.8) is 0 Å². The first-order valence-corrected chi connectivity index (χ1v) is 13.5. The fourth-order valence-electron chi connectivity index (χ4n) is 5.59. The number of nitriles is 1. The molecule has 2 bridgehead atoms. The third-order valence-corrected chi connectivity index (χ3v) is 7.72. The van der Waals surface area contributed by atoms with E-state index in [0.29, 0.717) is 23.9 Å². The second kappa shape index (κ2) is 13.6. The average molecular weight is 546 g/mol. The molecule has 214 valence electrons. The molecule has 0 spiro atoms. The smallest absolute Gasteiger partial charge is 0.447 e. The van der Waals surface area contributed by atoms with Gasteiger partial charge in [0, 0.05) is 24.7 Å². The summed E-state index contributed by atoms with van der Waals surface area (Å²) in [6.45, 7) is 10.7. The van der Waals surface area contributed by atoms with Gasteiger partial charge in [-0.05, 0) is 70.6 Å². The fraction of sp³-hybridized carbons (Fsp3) is 0.667. The van der Waals surface area contributed by atoms with E-state index in [1.165, 1.54) is 24.3 Å². The molecule has 12 heteroatoms. The molecule has 1 unspecified atom stereocenters. The topological polar surface area (TPSA) is 135 Å². The molecule has 4 rings (SSSR count). The van der Waals surface area contributed by atoms with E-state index in [2.05, 4.69) is 31.0 Å². The van der Waals surface area contributed by atoms with Crippen molar-refractivity contribution in [3.8, 4) is 6.07 Å². The maximum Gasteiger partial charge on any atom is 0.475 e. The summed E-state index contributed by atoms with van der Waals surface area (Å²) < 4.78 is 23.6. The van der Waals surface area contributed by atoms with Crippen molar-refractivity contribution in [2.24, 2.45) is 0 Å². The molecule has 39 heavy (non-hydrogen) atoms. The Morgan fingerprint density at radius 3 is 2.36 bits per heavy atom. The van der Waals surface area contributed by atoms with Crippen LogP contribution in [0.3, 0.4) is 0 Å². The molecule has 1 aromatic rings. The minimum Gasteiger partial charge on any atom is -0.447 e. The SMILES string of the molecule is CC(C)(C)N1CCOCC1.N#CCC(=O)N1C2CCC1(COC(=O)NC(Cc1ccc(F)cc1)B(O)O)CC2. The minimum absolute atomic E-state index is 0.0166. The van der Waals surface area contributed by atoms with Gasteiger partial charge in [0.15, 0.2) is 0 Å². The molecule has 0 radical (unpaired) electrons. The lowest BCUT2D eigenvalue weighted by Crippen LogP contribution is -2.51. The van der Waals surface area contributed by atoms with Crippen LogP contribution in [0.25, 0.3) is 0 Å². The molecular weight excluding hydrogens is 506 g/mol. The molecule has 3 fully saturated rings. The van der Waals surface area contributed by atoms with Crippen LogP contribution in [-0.4, -0.2) is 94.9 Å². The second-order valence-electron chi connectivity index (χ2n) is 11.4. The van der Waals surface area contributed by atoms with Gasteiger partial charge in [0.05, 0.1) is 30.8 Å². The van der Waals surface area contributed by atoms with E-state index in [1.54, 1.807) is 4.90 Å². The quantitative estimate of drug-likeness (QED) is 0.443. The number of hydrogen-bond acceptors (Lipinski definition) is 8. The van der Waals surface area contributed by atoms with Crippen molar-refractivity contribution in [2.45, 2.75) is 82.4 Å². The van der Waals surface area contributed by atoms with Gasteiger partial charge in [0.2, 0.25) is 5.91 Å². The summed E-state index contributed by atoms with van der Waals surface area (Å²) >= 11 is 0. The Balaban J connectivity index is 0.000000353. The Morgan fingerprint density at radius 2 is 1.85 bits per heavy atom. The molecule has 0 saturated carbocycles. The number of halogens is 1. The fourth-order valence-corrected chi connectivity index (χ4v) is 5.59. The summed E-state index contributed by atoms with van der Waals surface area (Å²) in [5, 5.41) is 30.4. The van der Waals surface area contributed by atoms with Gasteiger partial charge in [0.25, 0.3) is 0 Å². The highest BCUT2D eigenvalue weighted by atomic mass is 19.1. The first-order valence-electron chi connectivity index (χ1n) is 13.5. The van der Waals surface area contributed by atoms with E-state index < -0.39 is 30.5 Å². The Kier molecular flexibility index (Phi) is 10.7. The predicted molar refractivity (Wildman–Crippen MR) is 143 cm³/mol. The lowest BCUT2D eigenvalue weighted by Gasteiger charge is -2.38. The van der Waals surface area contributed by atoms with E-state index in [0.717, 1.165) is 39.1 Å². The molecule has 3 heterocycles. The van der Waals surface area contributed by atoms with Crippen molar-refractivity contribution < 1.29 is 33.5 Å². The molecule has 10 nitrogen and oxygen atoms in total. The highest BCUT2D eigenvalue weighted by Gasteiger charge is 2.54. The second-order valence-corrected chi connectivity index (χ2v) is 11.4. The number of nitrogens with zero attached hydrogens (tertiary/aromatic N) is 3. The Labute approximate surface area is 230 Å². The molecule has 2 amide bonds. The zero-order valence-corrected chi connectivity index (χ0v) is 23.1. The largest absolute Gasteiger partial charge is 0.475 e. The molecule has 3 saturated heterocycles. The Bertz CT molecular complexity index is 999. The molecule has 1 atom stereocenters. The standard InChI is InChI=1S/C19H23BFN3O5.C8H17NO/c21-14-3-1-13(2-4-14)11-16(20(27)28)23-18(26)29-12-19-8-5-15(6-9-19)24(19)17(25)7-10-22;1-8(2,3)9-4-6-10-7-5-9/h1-4,15-16,27-28H,5-9,11-12H2,(H,23,26);4-7H2,1-3H3. The van der Waals surface area contributed by atoms with E-state index >= 15 is 0 Å². The van der Waals surface area contributed by atoms with Gasteiger partial charge in [-0.2, -0.15) is 5.26 Å². The Morgan fingerprint density at radius 1 is 1.23 bits per heavy atom. The lowest BCUT2D eigenvalue weighted by molar-refractivity contribution is -0.135. The molecule has 0 aliphatic carbocycles. The molecule has 0 aromatic heterocycles. The molecular formula is C27H40BFN4O6. The van der Waals surface area contributed by atoms with Gasteiger partial charge in [-0.15, -0.1) is 0 Å². The van der Waals surface area contributed by atoms with Crippen LogP contribution >= 0.6 is 0 Å². The number of carbonyl (C=O) groups is 2. The summed E-state index contributed by atoms with van der Waals surface area (Å²) in [5.74, 6) is -1.71. The number of nitrogens with one attached hydrogen (secondary N) is 1. The van der Waals surface area contributed by atoms with Crippen LogP contribution in [0.5, 0.6) is 0 Å².